The Morgan fingerprint density at radius 1 is 0.538 bits per heavy atom. The maximum Gasteiger partial charge on any atom is 0.000698 e. The summed E-state index contributed by atoms with van der Waals surface area (Å²) in [5, 5.41) is 0. The van der Waals surface area contributed by atoms with Crippen molar-refractivity contribution in [3.05, 3.63) is 0 Å². The summed E-state index contributed by atoms with van der Waals surface area (Å²) in [5.41, 5.74) is 0. The van der Waals surface area contributed by atoms with Crippen LogP contribution in [0.15, 0.2) is 0 Å². The highest BCUT2D eigenvalue weighted by Crippen LogP contribution is 2.31. The summed E-state index contributed by atoms with van der Waals surface area (Å²) in [7, 11) is 0. The van der Waals surface area contributed by atoms with Crippen LogP contribution in [0, 0.1) is 0 Å². The average molecular weight is 183 g/mol. The van der Waals surface area contributed by atoms with Crippen molar-refractivity contribution in [3.8, 4) is 0 Å². The van der Waals surface area contributed by atoms with Crippen molar-refractivity contribution in [2.24, 2.45) is 0 Å². The minimum absolute atomic E-state index is 0.0278. The molecule has 0 nitrogen and oxygen atoms in total. The van der Waals surface area contributed by atoms with Gasteiger partial charge in [-0.05, 0) is 0 Å². The van der Waals surface area contributed by atoms with Gasteiger partial charge in [0.1, 0.15) is 0 Å². The van der Waals surface area contributed by atoms with Crippen LogP contribution in [0.25, 0.3) is 0 Å². The second kappa shape index (κ2) is 7.47. The highest BCUT2D eigenvalue weighted by molar-refractivity contribution is 6.79. The molecule has 0 bridgehead atoms. The van der Waals surface area contributed by atoms with Crippen LogP contribution in [0.2, 0.25) is 25.3 Å². The maximum atomic E-state index is 2.34. The van der Waals surface area contributed by atoms with E-state index in [4.69, 9.17) is 0 Å². The van der Waals surface area contributed by atoms with Crippen LogP contribution < -0.4 is 0 Å². The number of rotatable bonds is 8. The SMILES string of the molecule is CCC[B-](CCC)(CCC)CCC. The molecule has 1 heteroatoms. The van der Waals surface area contributed by atoms with Crippen molar-refractivity contribution in [1.29, 1.82) is 0 Å². The van der Waals surface area contributed by atoms with Crippen LogP contribution in [0.1, 0.15) is 53.4 Å². The van der Waals surface area contributed by atoms with Gasteiger partial charge in [0.05, 0.1) is 0 Å². The highest BCUT2D eigenvalue weighted by Gasteiger charge is 2.20. The van der Waals surface area contributed by atoms with E-state index in [9.17, 15) is 0 Å². The third-order valence-electron chi connectivity index (χ3n) is 3.60. The molecule has 0 rings (SSSR count). The van der Waals surface area contributed by atoms with E-state index < -0.39 is 0 Å². The summed E-state index contributed by atoms with van der Waals surface area (Å²) in [6.45, 7) is 9.38. The van der Waals surface area contributed by atoms with Crippen LogP contribution in [0.5, 0.6) is 0 Å². The molecule has 0 aromatic rings. The molecule has 0 atom stereocenters. The quantitative estimate of drug-likeness (QED) is 0.460. The molecule has 0 radical (unpaired) electrons. The lowest BCUT2D eigenvalue weighted by Gasteiger charge is -2.39. The fourth-order valence-electron chi connectivity index (χ4n) is 3.32. The van der Waals surface area contributed by atoms with Crippen molar-refractivity contribution < 1.29 is 0 Å². The second-order valence-corrected chi connectivity index (χ2v) is 4.89. The lowest BCUT2D eigenvalue weighted by molar-refractivity contribution is 0.881. The van der Waals surface area contributed by atoms with Crippen molar-refractivity contribution >= 4 is 6.15 Å². The van der Waals surface area contributed by atoms with E-state index >= 15 is 0 Å². The summed E-state index contributed by atoms with van der Waals surface area (Å²) in [6.07, 6.45) is 11.6. The monoisotopic (exact) mass is 183 g/mol. The summed E-state index contributed by atoms with van der Waals surface area (Å²) < 4.78 is 0. The maximum absolute atomic E-state index is 2.34. The second-order valence-electron chi connectivity index (χ2n) is 4.89. The number of hydrogen-bond acceptors (Lipinski definition) is 0. The van der Waals surface area contributed by atoms with Gasteiger partial charge in [0.25, 0.3) is 0 Å². The molecule has 0 unspecified atom stereocenters. The molecule has 0 aromatic heterocycles. The first-order valence-electron chi connectivity index (χ1n) is 6.46. The van der Waals surface area contributed by atoms with Crippen molar-refractivity contribution in [2.75, 3.05) is 0 Å². The molecule has 0 aliphatic carbocycles. The van der Waals surface area contributed by atoms with Crippen molar-refractivity contribution in [3.63, 3.8) is 0 Å². The standard InChI is InChI=1S/C12H28B/c1-5-9-13(10-6-2,11-7-3)12-8-4/h5-12H2,1-4H3/q-1. The van der Waals surface area contributed by atoms with Crippen LogP contribution in [0.3, 0.4) is 0 Å². The first-order valence-corrected chi connectivity index (χ1v) is 6.46. The molecule has 0 aliphatic rings. The Balaban J connectivity index is 4.19. The summed E-state index contributed by atoms with van der Waals surface area (Å²) in [5.74, 6) is 0. The first kappa shape index (κ1) is 13.1. The van der Waals surface area contributed by atoms with Crippen LogP contribution >= 0.6 is 0 Å². The fraction of sp³-hybridized carbons (Fsp3) is 1.00. The minimum atomic E-state index is 0.0278. The van der Waals surface area contributed by atoms with Crippen LogP contribution in [-0.2, 0) is 0 Å². The molecule has 0 heterocycles. The van der Waals surface area contributed by atoms with Crippen LogP contribution in [-0.4, -0.2) is 6.15 Å². The lowest BCUT2D eigenvalue weighted by Crippen LogP contribution is -2.32. The molecule has 0 aliphatic heterocycles. The van der Waals surface area contributed by atoms with Gasteiger partial charge in [-0.15, -0.1) is 0 Å². The van der Waals surface area contributed by atoms with Gasteiger partial charge < -0.3 is 0 Å². The first-order chi connectivity index (χ1) is 6.24. The molecule has 0 saturated carbocycles. The molecule has 0 amide bonds. The molecule has 0 spiro atoms. The Hall–Kier alpha value is 0.0649. The molecular weight excluding hydrogens is 155 g/mol. The van der Waals surface area contributed by atoms with Gasteiger partial charge in [-0.3, -0.25) is 0 Å². The molecule has 0 aromatic carbocycles. The third-order valence-corrected chi connectivity index (χ3v) is 3.60. The van der Waals surface area contributed by atoms with Gasteiger partial charge in [-0.2, -0.15) is 25.3 Å². The fourth-order valence-corrected chi connectivity index (χ4v) is 3.32. The van der Waals surface area contributed by atoms with Gasteiger partial charge >= 0.3 is 0 Å². The molecule has 13 heavy (non-hydrogen) atoms. The minimum Gasteiger partial charge on any atom is -0.178 e. The smallest absolute Gasteiger partial charge is 0.000698 e. The Labute approximate surface area is 85.4 Å². The largest absolute Gasteiger partial charge is 0.178 e. The van der Waals surface area contributed by atoms with E-state index in [0.717, 1.165) is 0 Å². The Morgan fingerprint density at radius 3 is 0.923 bits per heavy atom. The topological polar surface area (TPSA) is 0 Å². The molecular formula is C12H28B-. The zero-order valence-corrected chi connectivity index (χ0v) is 10.2. The van der Waals surface area contributed by atoms with E-state index in [2.05, 4.69) is 27.7 Å². The van der Waals surface area contributed by atoms with Crippen molar-refractivity contribution in [1.82, 2.24) is 0 Å². The van der Waals surface area contributed by atoms with Gasteiger partial charge in [-0.25, -0.2) is 0 Å². The molecule has 0 N–H and O–H groups in total. The summed E-state index contributed by atoms with van der Waals surface area (Å²) in [6, 6.07) is 0. The lowest BCUT2D eigenvalue weighted by atomic mass is 9.17. The predicted octanol–water partition coefficient (Wildman–Crippen LogP) is 5.08. The van der Waals surface area contributed by atoms with E-state index in [-0.39, 0.29) is 6.15 Å². The van der Waals surface area contributed by atoms with Crippen molar-refractivity contribution in [2.45, 2.75) is 78.7 Å². The third kappa shape index (κ3) is 4.74. The van der Waals surface area contributed by atoms with E-state index in [1.165, 1.54) is 51.0 Å². The summed E-state index contributed by atoms with van der Waals surface area (Å²) in [4.78, 5) is 0. The zero-order chi connectivity index (χ0) is 10.2. The van der Waals surface area contributed by atoms with E-state index in [1.54, 1.807) is 0 Å². The highest BCUT2D eigenvalue weighted by atomic mass is 14.0. The van der Waals surface area contributed by atoms with E-state index in [0.29, 0.717) is 0 Å². The Kier molecular flexibility index (Phi) is 7.50. The molecule has 80 valence electrons. The van der Waals surface area contributed by atoms with Gasteiger partial charge in [0.15, 0.2) is 0 Å². The summed E-state index contributed by atoms with van der Waals surface area (Å²) >= 11 is 0. The molecule has 0 saturated heterocycles. The zero-order valence-electron chi connectivity index (χ0n) is 10.2. The Bertz CT molecular complexity index is 80.2. The predicted molar refractivity (Wildman–Crippen MR) is 66.1 cm³/mol. The normalized spacial score (nSPS) is 12.0. The van der Waals surface area contributed by atoms with Gasteiger partial charge in [0.2, 0.25) is 0 Å². The average Bonchev–Trinajstić information content (AvgIpc) is 2.06. The van der Waals surface area contributed by atoms with Gasteiger partial charge in [0, 0.05) is 6.15 Å². The molecule has 0 fully saturated rings. The van der Waals surface area contributed by atoms with Gasteiger partial charge in [-0.1, -0.05) is 53.4 Å². The van der Waals surface area contributed by atoms with E-state index in [1.807, 2.05) is 0 Å². The number of hydrogen-bond donors (Lipinski definition) is 0. The van der Waals surface area contributed by atoms with Crippen LogP contribution in [0.4, 0.5) is 0 Å². The Morgan fingerprint density at radius 2 is 0.769 bits per heavy atom.